The number of carboxylic acid groups (broad SMARTS) is 1. The lowest BCUT2D eigenvalue weighted by Gasteiger charge is -2.32. The summed E-state index contributed by atoms with van der Waals surface area (Å²) in [5.41, 5.74) is 3.91. The highest BCUT2D eigenvalue weighted by molar-refractivity contribution is 5.73. The van der Waals surface area contributed by atoms with Crippen LogP contribution in [0.5, 0.6) is 5.75 Å². The van der Waals surface area contributed by atoms with E-state index in [-0.39, 0.29) is 6.61 Å². The predicted octanol–water partition coefficient (Wildman–Crippen LogP) is 3.82. The van der Waals surface area contributed by atoms with E-state index in [2.05, 4.69) is 4.98 Å². The summed E-state index contributed by atoms with van der Waals surface area (Å²) in [7, 11) is 0. The van der Waals surface area contributed by atoms with Crippen molar-refractivity contribution >= 4 is 5.97 Å². The van der Waals surface area contributed by atoms with Gasteiger partial charge in [-0.05, 0) is 43.7 Å². The lowest BCUT2D eigenvalue weighted by molar-refractivity contribution is -0.150. The molecule has 4 rings (SSSR count). The van der Waals surface area contributed by atoms with E-state index in [1.54, 1.807) is 0 Å². The molecule has 0 spiro atoms. The predicted molar refractivity (Wildman–Crippen MR) is 115 cm³/mol. The van der Waals surface area contributed by atoms with Gasteiger partial charge in [0.2, 0.25) is 5.89 Å². The van der Waals surface area contributed by atoms with Crippen molar-refractivity contribution in [3.8, 4) is 17.2 Å². The zero-order valence-electron chi connectivity index (χ0n) is 17.7. The monoisotopic (exact) mass is 422 g/mol. The van der Waals surface area contributed by atoms with E-state index in [1.165, 1.54) is 5.56 Å². The van der Waals surface area contributed by atoms with Crippen molar-refractivity contribution in [1.82, 2.24) is 9.88 Å². The molecular formula is C24H26N2O5. The summed E-state index contributed by atoms with van der Waals surface area (Å²) in [5, 5.41) is 9.36. The molecule has 1 saturated heterocycles. The van der Waals surface area contributed by atoms with Crippen molar-refractivity contribution in [1.29, 1.82) is 0 Å². The molecule has 3 aromatic rings. The third-order valence-corrected chi connectivity index (χ3v) is 5.40. The van der Waals surface area contributed by atoms with Crippen LogP contribution in [-0.2, 0) is 22.7 Å². The Labute approximate surface area is 181 Å². The van der Waals surface area contributed by atoms with Gasteiger partial charge in [0.1, 0.15) is 29.9 Å². The van der Waals surface area contributed by atoms with Gasteiger partial charge in [0.05, 0.1) is 13.2 Å². The molecule has 1 aliphatic rings. The summed E-state index contributed by atoms with van der Waals surface area (Å²) in [6.45, 7) is 6.16. The van der Waals surface area contributed by atoms with Crippen LogP contribution in [-0.4, -0.2) is 46.8 Å². The van der Waals surface area contributed by atoms with E-state index in [1.807, 2.05) is 67.3 Å². The van der Waals surface area contributed by atoms with E-state index >= 15 is 0 Å². The number of aromatic nitrogens is 1. The number of carboxylic acids is 1. The second-order valence-electron chi connectivity index (χ2n) is 7.72. The number of carbonyl (C=O) groups is 1. The van der Waals surface area contributed by atoms with Crippen molar-refractivity contribution < 1.29 is 23.8 Å². The minimum atomic E-state index is -0.854. The second kappa shape index (κ2) is 9.32. The standard InChI is InChI=1S/C24H26N2O5/c1-16-3-7-19(8-4-16)23-25-21(17(2)31-23)14-30-20-9-5-18(6-10-20)13-26-11-12-29-15-22(26)24(27)28/h3-10,22H,11-15H2,1-2H3,(H,27,28). The molecule has 0 amide bonds. The van der Waals surface area contributed by atoms with Crippen molar-refractivity contribution in [3.05, 3.63) is 71.1 Å². The zero-order chi connectivity index (χ0) is 21.8. The molecule has 0 saturated carbocycles. The fraction of sp³-hybridized carbons (Fsp3) is 0.333. The van der Waals surface area contributed by atoms with Gasteiger partial charge >= 0.3 is 5.97 Å². The first-order valence-electron chi connectivity index (χ1n) is 10.3. The van der Waals surface area contributed by atoms with Crippen molar-refractivity contribution in [2.24, 2.45) is 0 Å². The van der Waals surface area contributed by atoms with Gasteiger partial charge in [-0.1, -0.05) is 29.8 Å². The molecule has 1 atom stereocenters. The maximum atomic E-state index is 11.4. The van der Waals surface area contributed by atoms with Crippen LogP contribution in [0.2, 0.25) is 0 Å². The van der Waals surface area contributed by atoms with Gasteiger partial charge in [-0.15, -0.1) is 0 Å². The van der Waals surface area contributed by atoms with Gasteiger partial charge < -0.3 is 19.0 Å². The summed E-state index contributed by atoms with van der Waals surface area (Å²) in [6.07, 6.45) is 0. The van der Waals surface area contributed by atoms with Crippen LogP contribution in [0.3, 0.4) is 0 Å². The topological polar surface area (TPSA) is 85.0 Å². The molecule has 7 nitrogen and oxygen atoms in total. The van der Waals surface area contributed by atoms with Gasteiger partial charge in [0.15, 0.2) is 0 Å². The summed E-state index contributed by atoms with van der Waals surface area (Å²) < 4.78 is 17.0. The Kier molecular flexibility index (Phi) is 6.34. The molecule has 7 heteroatoms. The van der Waals surface area contributed by atoms with Crippen molar-refractivity contribution in [2.75, 3.05) is 19.8 Å². The van der Waals surface area contributed by atoms with Crippen molar-refractivity contribution in [3.63, 3.8) is 0 Å². The maximum absolute atomic E-state index is 11.4. The van der Waals surface area contributed by atoms with Crippen LogP contribution in [0, 0.1) is 13.8 Å². The Balaban J connectivity index is 1.36. The molecule has 1 unspecified atom stereocenters. The molecule has 2 aromatic carbocycles. The van der Waals surface area contributed by atoms with Crippen LogP contribution in [0.15, 0.2) is 52.9 Å². The number of morpholine rings is 1. The van der Waals surface area contributed by atoms with Crippen LogP contribution in [0.1, 0.15) is 22.6 Å². The Morgan fingerprint density at radius 1 is 1.16 bits per heavy atom. The fourth-order valence-corrected chi connectivity index (χ4v) is 3.51. The van der Waals surface area contributed by atoms with Crippen molar-refractivity contribution in [2.45, 2.75) is 33.0 Å². The van der Waals surface area contributed by atoms with Gasteiger partial charge in [-0.25, -0.2) is 4.98 Å². The molecule has 162 valence electrons. The number of aryl methyl sites for hydroxylation is 2. The number of hydrogen-bond acceptors (Lipinski definition) is 6. The van der Waals surface area contributed by atoms with Gasteiger partial charge in [0, 0.05) is 18.7 Å². The quantitative estimate of drug-likeness (QED) is 0.619. The Bertz CT molecular complexity index is 1030. The molecule has 1 N–H and O–H groups in total. The summed E-state index contributed by atoms with van der Waals surface area (Å²) in [4.78, 5) is 17.9. The maximum Gasteiger partial charge on any atom is 0.323 e. The largest absolute Gasteiger partial charge is 0.487 e. The number of nitrogens with zero attached hydrogens (tertiary/aromatic N) is 2. The molecule has 1 fully saturated rings. The van der Waals surface area contributed by atoms with E-state index in [9.17, 15) is 9.90 Å². The summed E-state index contributed by atoms with van der Waals surface area (Å²) in [5.74, 6) is 1.19. The SMILES string of the molecule is Cc1ccc(-c2nc(COc3ccc(CN4CCOCC4C(=O)O)cc3)c(C)o2)cc1. The number of rotatable bonds is 7. The first kappa shape index (κ1) is 21.1. The Morgan fingerprint density at radius 3 is 2.61 bits per heavy atom. The summed E-state index contributed by atoms with van der Waals surface area (Å²) in [6, 6.07) is 15.1. The fourth-order valence-electron chi connectivity index (χ4n) is 3.51. The highest BCUT2D eigenvalue weighted by atomic mass is 16.5. The number of ether oxygens (including phenoxy) is 2. The minimum Gasteiger partial charge on any atom is -0.487 e. The zero-order valence-corrected chi connectivity index (χ0v) is 17.7. The Hall–Kier alpha value is -3.16. The van der Waals surface area contributed by atoms with E-state index in [0.29, 0.717) is 32.2 Å². The highest BCUT2D eigenvalue weighted by Crippen LogP contribution is 2.23. The van der Waals surface area contributed by atoms with Gasteiger partial charge in [-0.3, -0.25) is 9.69 Å². The van der Waals surface area contributed by atoms with Gasteiger partial charge in [0.25, 0.3) is 0 Å². The second-order valence-corrected chi connectivity index (χ2v) is 7.72. The molecule has 0 radical (unpaired) electrons. The number of oxazole rings is 1. The summed E-state index contributed by atoms with van der Waals surface area (Å²) >= 11 is 0. The average Bonchev–Trinajstić information content (AvgIpc) is 3.14. The molecule has 1 aliphatic heterocycles. The molecule has 0 aliphatic carbocycles. The molecule has 1 aromatic heterocycles. The van der Waals surface area contributed by atoms with Crippen LogP contribution >= 0.6 is 0 Å². The first-order valence-corrected chi connectivity index (χ1v) is 10.3. The average molecular weight is 422 g/mol. The Morgan fingerprint density at radius 2 is 1.90 bits per heavy atom. The molecule has 2 heterocycles. The van der Waals surface area contributed by atoms with E-state index in [4.69, 9.17) is 13.9 Å². The molecule has 0 bridgehead atoms. The van der Waals surface area contributed by atoms with Crippen LogP contribution in [0.25, 0.3) is 11.5 Å². The van der Waals surface area contributed by atoms with E-state index in [0.717, 1.165) is 28.3 Å². The normalized spacial score (nSPS) is 16.9. The van der Waals surface area contributed by atoms with Crippen LogP contribution < -0.4 is 4.74 Å². The van der Waals surface area contributed by atoms with Crippen LogP contribution in [0.4, 0.5) is 0 Å². The first-order chi connectivity index (χ1) is 15.0. The number of aliphatic carboxylic acids is 1. The minimum absolute atomic E-state index is 0.220. The van der Waals surface area contributed by atoms with Gasteiger partial charge in [-0.2, -0.15) is 0 Å². The van der Waals surface area contributed by atoms with E-state index < -0.39 is 12.0 Å². The lowest BCUT2D eigenvalue weighted by Crippen LogP contribution is -2.49. The lowest BCUT2D eigenvalue weighted by atomic mass is 10.1. The molecule has 31 heavy (non-hydrogen) atoms. The number of hydrogen-bond donors (Lipinski definition) is 1. The highest BCUT2D eigenvalue weighted by Gasteiger charge is 2.29. The smallest absolute Gasteiger partial charge is 0.323 e. The third kappa shape index (κ3) is 5.13. The third-order valence-electron chi connectivity index (χ3n) is 5.40. The molecular weight excluding hydrogens is 396 g/mol. The number of benzene rings is 2.